The average molecular weight is 460 g/mol. The highest BCUT2D eigenvalue weighted by atomic mass is 16.5. The van der Waals surface area contributed by atoms with E-state index in [1.54, 1.807) is 94.8 Å². The van der Waals surface area contributed by atoms with Gasteiger partial charge in [0.25, 0.3) is 11.8 Å². The number of hydrazone groups is 2. The van der Waals surface area contributed by atoms with Crippen molar-refractivity contribution in [2.45, 2.75) is 13.8 Å². The number of hydrogen-bond acceptors (Lipinski definition) is 7. The van der Waals surface area contributed by atoms with Gasteiger partial charge in [-0.05, 0) is 74.5 Å². The molecule has 34 heavy (non-hydrogen) atoms. The molecule has 1 heterocycles. The molecule has 3 rings (SSSR count). The number of rotatable bonds is 8. The van der Waals surface area contributed by atoms with Gasteiger partial charge in [-0.25, -0.2) is 15.8 Å². The van der Waals surface area contributed by atoms with Crippen molar-refractivity contribution in [2.75, 3.05) is 14.2 Å². The number of aromatic nitrogens is 1. The third kappa shape index (κ3) is 6.26. The number of pyridine rings is 1. The zero-order chi connectivity index (χ0) is 24.5. The van der Waals surface area contributed by atoms with E-state index < -0.39 is 0 Å². The third-order valence-corrected chi connectivity index (χ3v) is 4.85. The lowest BCUT2D eigenvalue weighted by Crippen LogP contribution is -2.20. The molecule has 0 fully saturated rings. The van der Waals surface area contributed by atoms with Crippen molar-refractivity contribution in [1.29, 1.82) is 0 Å². The van der Waals surface area contributed by atoms with Crippen molar-refractivity contribution in [3.63, 3.8) is 0 Å². The highest BCUT2D eigenvalue weighted by Gasteiger charge is 2.09. The minimum atomic E-state index is -0.350. The summed E-state index contributed by atoms with van der Waals surface area (Å²) >= 11 is 0. The van der Waals surface area contributed by atoms with Gasteiger partial charge in [0.2, 0.25) is 0 Å². The Bertz CT molecular complexity index is 1130. The van der Waals surface area contributed by atoms with Crippen molar-refractivity contribution >= 4 is 23.2 Å². The van der Waals surface area contributed by atoms with Crippen LogP contribution in [0.5, 0.6) is 11.5 Å². The van der Waals surface area contributed by atoms with Gasteiger partial charge in [0.15, 0.2) is 0 Å². The lowest BCUT2D eigenvalue weighted by molar-refractivity contribution is 0.0947. The normalized spacial score (nSPS) is 11.5. The Morgan fingerprint density at radius 3 is 1.41 bits per heavy atom. The Balaban J connectivity index is 1.65. The molecule has 2 aromatic carbocycles. The first-order valence-corrected chi connectivity index (χ1v) is 10.4. The number of amides is 2. The van der Waals surface area contributed by atoms with Gasteiger partial charge in [0.05, 0.1) is 37.0 Å². The molecule has 0 unspecified atom stereocenters. The van der Waals surface area contributed by atoms with Crippen LogP contribution < -0.4 is 20.3 Å². The van der Waals surface area contributed by atoms with E-state index in [1.165, 1.54) is 0 Å². The average Bonchev–Trinajstić information content (AvgIpc) is 2.90. The van der Waals surface area contributed by atoms with Crippen LogP contribution in [0.2, 0.25) is 0 Å². The van der Waals surface area contributed by atoms with Crippen LogP contribution in [0.25, 0.3) is 0 Å². The maximum atomic E-state index is 12.3. The number of hydrogen-bond donors (Lipinski definition) is 2. The standard InChI is InChI=1S/C25H25N5O4/c1-16(27-29-24(31)18-8-12-20(33-3)13-9-18)22-6-5-7-23(26-22)17(2)28-30-25(32)19-10-14-21(34-4)15-11-19/h5-15H,1-4H3,(H,29,31)(H,30,32)/b27-16+,28-17+. The van der Waals surface area contributed by atoms with E-state index in [-0.39, 0.29) is 11.8 Å². The Kier molecular flexibility index (Phi) is 8.07. The fourth-order valence-electron chi connectivity index (χ4n) is 2.84. The highest BCUT2D eigenvalue weighted by molar-refractivity contribution is 6.02. The fourth-order valence-corrected chi connectivity index (χ4v) is 2.84. The predicted octanol–water partition coefficient (Wildman–Crippen LogP) is 3.41. The zero-order valence-electron chi connectivity index (χ0n) is 19.3. The lowest BCUT2D eigenvalue weighted by atomic mass is 10.2. The summed E-state index contributed by atoms with van der Waals surface area (Å²) in [6.45, 7) is 3.47. The smallest absolute Gasteiger partial charge is 0.271 e. The predicted molar refractivity (Wildman–Crippen MR) is 130 cm³/mol. The maximum absolute atomic E-state index is 12.3. The molecule has 174 valence electrons. The second-order valence-electron chi connectivity index (χ2n) is 7.14. The van der Waals surface area contributed by atoms with Crippen LogP contribution in [0.4, 0.5) is 0 Å². The van der Waals surface area contributed by atoms with E-state index in [4.69, 9.17) is 9.47 Å². The monoisotopic (exact) mass is 459 g/mol. The molecule has 1 aromatic heterocycles. The van der Waals surface area contributed by atoms with Crippen molar-refractivity contribution in [3.8, 4) is 11.5 Å². The molecule has 0 aliphatic rings. The van der Waals surface area contributed by atoms with E-state index >= 15 is 0 Å². The third-order valence-electron chi connectivity index (χ3n) is 4.85. The molecule has 9 nitrogen and oxygen atoms in total. The molecule has 0 saturated carbocycles. The topological polar surface area (TPSA) is 114 Å². The summed E-state index contributed by atoms with van der Waals surface area (Å²) in [7, 11) is 3.12. The molecule has 0 aliphatic carbocycles. The largest absolute Gasteiger partial charge is 0.497 e. The quantitative estimate of drug-likeness (QED) is 0.396. The van der Waals surface area contributed by atoms with Gasteiger partial charge in [0.1, 0.15) is 11.5 Å². The van der Waals surface area contributed by atoms with Crippen molar-refractivity contribution in [3.05, 3.63) is 89.2 Å². The lowest BCUT2D eigenvalue weighted by Gasteiger charge is -2.06. The first-order valence-electron chi connectivity index (χ1n) is 10.4. The van der Waals surface area contributed by atoms with Gasteiger partial charge >= 0.3 is 0 Å². The summed E-state index contributed by atoms with van der Waals surface area (Å²) in [5.41, 5.74) is 8.09. The van der Waals surface area contributed by atoms with Gasteiger partial charge in [-0.1, -0.05) is 6.07 Å². The van der Waals surface area contributed by atoms with E-state index in [0.717, 1.165) is 0 Å². The summed E-state index contributed by atoms with van der Waals surface area (Å²) in [5, 5.41) is 8.29. The van der Waals surface area contributed by atoms with Crippen LogP contribution in [-0.2, 0) is 0 Å². The maximum Gasteiger partial charge on any atom is 0.271 e. The second kappa shape index (κ2) is 11.4. The van der Waals surface area contributed by atoms with E-state index in [1.807, 2.05) is 0 Å². The molecule has 0 saturated heterocycles. The summed E-state index contributed by atoms with van der Waals surface area (Å²) in [4.78, 5) is 29.1. The van der Waals surface area contributed by atoms with Gasteiger partial charge < -0.3 is 9.47 Å². The van der Waals surface area contributed by atoms with Crippen LogP contribution in [0.1, 0.15) is 46.0 Å². The molecule has 2 N–H and O–H groups in total. The molecule has 0 atom stereocenters. The van der Waals surface area contributed by atoms with Gasteiger partial charge in [0, 0.05) is 11.1 Å². The van der Waals surface area contributed by atoms with E-state index in [0.29, 0.717) is 45.4 Å². The summed E-state index contributed by atoms with van der Waals surface area (Å²) in [6.07, 6.45) is 0. The number of methoxy groups -OCH3 is 2. The number of ether oxygens (including phenoxy) is 2. The number of nitrogens with one attached hydrogen (secondary N) is 2. The second-order valence-corrected chi connectivity index (χ2v) is 7.14. The summed E-state index contributed by atoms with van der Waals surface area (Å²) < 4.78 is 10.2. The van der Waals surface area contributed by atoms with Gasteiger partial charge in [-0.2, -0.15) is 10.2 Å². The highest BCUT2D eigenvalue weighted by Crippen LogP contribution is 2.12. The van der Waals surface area contributed by atoms with Crippen LogP contribution >= 0.6 is 0 Å². The van der Waals surface area contributed by atoms with Crippen LogP contribution in [-0.4, -0.2) is 42.4 Å². The fraction of sp³-hybridized carbons (Fsp3) is 0.160. The molecule has 0 radical (unpaired) electrons. The minimum absolute atomic E-state index is 0.350. The number of nitrogens with zero attached hydrogens (tertiary/aromatic N) is 3. The van der Waals surface area contributed by atoms with E-state index in [9.17, 15) is 9.59 Å². The summed E-state index contributed by atoms with van der Waals surface area (Å²) in [5.74, 6) is 0.623. The Morgan fingerprint density at radius 1 is 0.676 bits per heavy atom. The van der Waals surface area contributed by atoms with Gasteiger partial charge in [-0.15, -0.1) is 0 Å². The molecule has 9 heteroatoms. The molecule has 0 spiro atoms. The molecule has 0 aliphatic heterocycles. The minimum Gasteiger partial charge on any atom is -0.497 e. The van der Waals surface area contributed by atoms with Crippen LogP contribution in [0, 0.1) is 0 Å². The number of carbonyl (C=O) groups is 2. The SMILES string of the molecule is COc1ccc(C(=O)N/N=C(\C)c2cccc(/C(C)=N/NC(=O)c3ccc(OC)cc3)n2)cc1. The molecular weight excluding hydrogens is 434 g/mol. The first kappa shape index (κ1) is 24.1. The summed E-state index contributed by atoms with van der Waals surface area (Å²) in [6, 6.07) is 18.7. The van der Waals surface area contributed by atoms with Crippen molar-refractivity contribution in [1.82, 2.24) is 15.8 Å². The van der Waals surface area contributed by atoms with Crippen LogP contribution in [0.3, 0.4) is 0 Å². The Labute approximate surface area is 197 Å². The number of benzene rings is 2. The zero-order valence-corrected chi connectivity index (χ0v) is 19.3. The molecule has 3 aromatic rings. The van der Waals surface area contributed by atoms with Crippen molar-refractivity contribution in [2.24, 2.45) is 10.2 Å². The molecule has 0 bridgehead atoms. The Hall–Kier alpha value is -4.53. The first-order chi connectivity index (χ1) is 16.4. The van der Waals surface area contributed by atoms with Crippen LogP contribution in [0.15, 0.2) is 76.9 Å². The number of carbonyl (C=O) groups excluding carboxylic acids is 2. The van der Waals surface area contributed by atoms with Crippen molar-refractivity contribution < 1.29 is 19.1 Å². The molecule has 2 amide bonds. The van der Waals surface area contributed by atoms with E-state index in [2.05, 4.69) is 26.0 Å². The Morgan fingerprint density at radius 2 is 1.06 bits per heavy atom. The van der Waals surface area contributed by atoms with Gasteiger partial charge in [-0.3, -0.25) is 9.59 Å². The molecular formula is C25H25N5O4.